The van der Waals surface area contributed by atoms with Crippen LogP contribution >= 0.6 is 0 Å². The maximum absolute atomic E-state index is 12.9. The van der Waals surface area contributed by atoms with Gasteiger partial charge in [-0.3, -0.25) is 9.59 Å². The molecule has 0 heterocycles. The van der Waals surface area contributed by atoms with E-state index in [9.17, 15) is 22.8 Å². The van der Waals surface area contributed by atoms with Crippen LogP contribution in [0.5, 0.6) is 11.5 Å². The lowest BCUT2D eigenvalue weighted by Gasteiger charge is -2.13. The van der Waals surface area contributed by atoms with Crippen LogP contribution in [0.3, 0.4) is 0 Å². The van der Waals surface area contributed by atoms with Crippen LogP contribution in [0.4, 0.5) is 18.9 Å². The standard InChI is InChI=1S/C25H22F3N3O4/c1-16-9-11-20(12-10-16)30-22(32)15-35-23-18(6-4-8-21(23)34-2)14-29-31-24(33)17-5-3-7-19(13-17)25(26,27)28/h3-14H,15H2,1-2H3,(H,30,32)(H,31,33)/b29-14-. The number of rotatable bonds is 8. The van der Waals surface area contributed by atoms with Crippen molar-refractivity contribution in [3.05, 3.63) is 89.0 Å². The van der Waals surface area contributed by atoms with Gasteiger partial charge < -0.3 is 14.8 Å². The van der Waals surface area contributed by atoms with E-state index in [2.05, 4.69) is 15.8 Å². The maximum Gasteiger partial charge on any atom is 0.416 e. The van der Waals surface area contributed by atoms with Crippen LogP contribution in [-0.4, -0.2) is 31.7 Å². The number of hydrogen-bond acceptors (Lipinski definition) is 5. The molecule has 0 bridgehead atoms. The van der Waals surface area contributed by atoms with E-state index in [1.807, 2.05) is 19.1 Å². The number of alkyl halides is 3. The molecular weight excluding hydrogens is 463 g/mol. The van der Waals surface area contributed by atoms with Gasteiger partial charge >= 0.3 is 6.18 Å². The van der Waals surface area contributed by atoms with Crippen LogP contribution in [-0.2, 0) is 11.0 Å². The number of amides is 2. The monoisotopic (exact) mass is 485 g/mol. The summed E-state index contributed by atoms with van der Waals surface area (Å²) in [5, 5.41) is 6.52. The molecule has 0 saturated carbocycles. The molecule has 0 fully saturated rings. The first-order chi connectivity index (χ1) is 16.7. The number of benzene rings is 3. The van der Waals surface area contributed by atoms with Gasteiger partial charge in [0.2, 0.25) is 0 Å². The van der Waals surface area contributed by atoms with E-state index in [1.165, 1.54) is 19.4 Å². The number of carbonyl (C=O) groups is 2. The van der Waals surface area contributed by atoms with Crippen molar-refractivity contribution < 1.29 is 32.2 Å². The molecule has 35 heavy (non-hydrogen) atoms. The summed E-state index contributed by atoms with van der Waals surface area (Å²) in [6, 6.07) is 16.1. The second-order valence-corrected chi connectivity index (χ2v) is 7.36. The average Bonchev–Trinajstić information content (AvgIpc) is 2.84. The van der Waals surface area contributed by atoms with Crippen LogP contribution in [0, 0.1) is 6.92 Å². The molecule has 0 saturated heterocycles. The van der Waals surface area contributed by atoms with E-state index < -0.39 is 23.6 Å². The lowest BCUT2D eigenvalue weighted by molar-refractivity contribution is -0.137. The molecule has 0 aromatic heterocycles. The number of carbonyl (C=O) groups excluding carboxylic acids is 2. The van der Waals surface area contributed by atoms with Gasteiger partial charge in [-0.05, 0) is 49.4 Å². The number of nitrogens with zero attached hydrogens (tertiary/aromatic N) is 1. The number of methoxy groups -OCH3 is 1. The fourth-order valence-corrected chi connectivity index (χ4v) is 2.98. The predicted molar refractivity (Wildman–Crippen MR) is 125 cm³/mol. The van der Waals surface area contributed by atoms with Gasteiger partial charge in [0.15, 0.2) is 18.1 Å². The van der Waals surface area contributed by atoms with Crippen LogP contribution in [0.25, 0.3) is 0 Å². The number of aryl methyl sites for hydroxylation is 1. The molecule has 2 amide bonds. The van der Waals surface area contributed by atoms with E-state index in [4.69, 9.17) is 9.47 Å². The van der Waals surface area contributed by atoms with Gasteiger partial charge in [-0.15, -0.1) is 0 Å². The second-order valence-electron chi connectivity index (χ2n) is 7.36. The lowest BCUT2D eigenvalue weighted by Crippen LogP contribution is -2.21. The molecule has 3 aromatic carbocycles. The summed E-state index contributed by atoms with van der Waals surface area (Å²) in [6.07, 6.45) is -3.33. The Morgan fingerprint density at radius 1 is 1.03 bits per heavy atom. The molecule has 0 unspecified atom stereocenters. The average molecular weight is 485 g/mol. The molecule has 0 aliphatic rings. The minimum atomic E-state index is -4.57. The molecule has 0 radical (unpaired) electrons. The highest BCUT2D eigenvalue weighted by atomic mass is 19.4. The third-order valence-electron chi connectivity index (χ3n) is 4.73. The summed E-state index contributed by atoms with van der Waals surface area (Å²) in [4.78, 5) is 24.5. The smallest absolute Gasteiger partial charge is 0.416 e. The topological polar surface area (TPSA) is 89.0 Å². The molecule has 182 valence electrons. The summed E-state index contributed by atoms with van der Waals surface area (Å²) in [7, 11) is 1.42. The molecule has 0 atom stereocenters. The first-order valence-corrected chi connectivity index (χ1v) is 10.3. The van der Waals surface area contributed by atoms with Crippen LogP contribution in [0.15, 0.2) is 71.8 Å². The van der Waals surface area contributed by atoms with Crippen LogP contribution in [0.1, 0.15) is 27.0 Å². The Balaban J connectivity index is 1.68. The lowest BCUT2D eigenvalue weighted by atomic mass is 10.1. The fourth-order valence-electron chi connectivity index (χ4n) is 2.98. The molecule has 7 nitrogen and oxygen atoms in total. The highest BCUT2D eigenvalue weighted by Gasteiger charge is 2.30. The number of para-hydroxylation sites is 1. The van der Waals surface area contributed by atoms with E-state index >= 15 is 0 Å². The highest BCUT2D eigenvalue weighted by Crippen LogP contribution is 2.31. The van der Waals surface area contributed by atoms with Crippen molar-refractivity contribution in [1.29, 1.82) is 0 Å². The minimum absolute atomic E-state index is 0.200. The number of hydrazone groups is 1. The summed E-state index contributed by atoms with van der Waals surface area (Å²) in [5.74, 6) is -0.705. The molecular formula is C25H22F3N3O4. The van der Waals surface area contributed by atoms with Crippen molar-refractivity contribution >= 4 is 23.7 Å². The first kappa shape index (κ1) is 25.3. The summed E-state index contributed by atoms with van der Waals surface area (Å²) >= 11 is 0. The third-order valence-corrected chi connectivity index (χ3v) is 4.73. The Morgan fingerprint density at radius 2 is 1.74 bits per heavy atom. The number of anilines is 1. The zero-order valence-corrected chi connectivity index (χ0v) is 18.8. The molecule has 0 aliphatic carbocycles. The minimum Gasteiger partial charge on any atom is -0.493 e. The summed E-state index contributed by atoms with van der Waals surface area (Å²) in [6.45, 7) is 1.60. The van der Waals surface area contributed by atoms with Crippen molar-refractivity contribution in [3.8, 4) is 11.5 Å². The van der Waals surface area contributed by atoms with Gasteiger partial charge in [-0.2, -0.15) is 18.3 Å². The number of nitrogens with one attached hydrogen (secondary N) is 2. The van der Waals surface area contributed by atoms with E-state index in [0.29, 0.717) is 17.0 Å². The van der Waals surface area contributed by atoms with Gasteiger partial charge in [-0.25, -0.2) is 5.43 Å². The van der Waals surface area contributed by atoms with Crippen molar-refractivity contribution in [2.24, 2.45) is 5.10 Å². The predicted octanol–water partition coefficient (Wildman–Crippen LogP) is 4.80. The number of halogens is 3. The Morgan fingerprint density at radius 3 is 2.43 bits per heavy atom. The second kappa shape index (κ2) is 11.2. The number of ether oxygens (including phenoxy) is 2. The van der Waals surface area contributed by atoms with Crippen molar-refractivity contribution in [2.45, 2.75) is 13.1 Å². The van der Waals surface area contributed by atoms with Gasteiger partial charge in [0.05, 0.1) is 18.9 Å². The van der Waals surface area contributed by atoms with Crippen molar-refractivity contribution in [1.82, 2.24) is 5.43 Å². The SMILES string of the molecule is COc1cccc(/C=N\NC(=O)c2cccc(C(F)(F)F)c2)c1OCC(=O)Nc1ccc(C)cc1. The molecule has 2 N–H and O–H groups in total. The van der Waals surface area contributed by atoms with Gasteiger partial charge in [0.25, 0.3) is 11.8 Å². The Bertz CT molecular complexity index is 1230. The normalized spacial score (nSPS) is 11.2. The Hall–Kier alpha value is -4.34. The largest absolute Gasteiger partial charge is 0.493 e. The van der Waals surface area contributed by atoms with Crippen molar-refractivity contribution in [3.63, 3.8) is 0 Å². The van der Waals surface area contributed by atoms with Gasteiger partial charge in [-0.1, -0.05) is 29.8 Å². The zero-order chi connectivity index (χ0) is 25.4. The zero-order valence-electron chi connectivity index (χ0n) is 18.8. The van der Waals surface area contributed by atoms with Crippen LogP contribution < -0.4 is 20.2 Å². The van der Waals surface area contributed by atoms with E-state index in [0.717, 1.165) is 23.8 Å². The van der Waals surface area contributed by atoms with Crippen molar-refractivity contribution in [2.75, 3.05) is 19.0 Å². The quantitative estimate of drug-likeness (QED) is 0.354. The fraction of sp³-hybridized carbons (Fsp3) is 0.160. The van der Waals surface area contributed by atoms with E-state index in [1.54, 1.807) is 30.3 Å². The maximum atomic E-state index is 12.9. The van der Waals surface area contributed by atoms with Crippen LogP contribution in [0.2, 0.25) is 0 Å². The Labute approximate surface area is 199 Å². The molecule has 0 aliphatic heterocycles. The number of hydrogen-bond donors (Lipinski definition) is 2. The Kier molecular flexibility index (Phi) is 8.08. The highest BCUT2D eigenvalue weighted by molar-refractivity contribution is 5.95. The third kappa shape index (κ3) is 7.07. The molecule has 0 spiro atoms. The van der Waals surface area contributed by atoms with Gasteiger partial charge in [0, 0.05) is 16.8 Å². The van der Waals surface area contributed by atoms with E-state index in [-0.39, 0.29) is 17.9 Å². The summed E-state index contributed by atoms with van der Waals surface area (Å²) < 4.78 is 49.5. The molecule has 10 heteroatoms. The first-order valence-electron chi connectivity index (χ1n) is 10.3. The molecule has 3 rings (SSSR count). The molecule has 3 aromatic rings. The van der Waals surface area contributed by atoms with Gasteiger partial charge in [0.1, 0.15) is 0 Å². The summed E-state index contributed by atoms with van der Waals surface area (Å²) in [5.41, 5.74) is 3.07.